The highest BCUT2D eigenvalue weighted by Gasteiger charge is 2.09. The van der Waals surface area contributed by atoms with E-state index < -0.39 is 11.9 Å². The number of esters is 2. The first-order chi connectivity index (χ1) is 10.4. The van der Waals surface area contributed by atoms with Crippen molar-refractivity contribution in [3.05, 3.63) is 61.0 Å². The Morgan fingerprint density at radius 1 is 0.773 bits per heavy atom. The van der Waals surface area contributed by atoms with Crippen molar-refractivity contribution in [3.63, 3.8) is 0 Å². The van der Waals surface area contributed by atoms with Crippen molar-refractivity contribution in [2.45, 2.75) is 0 Å². The second-order valence-corrected chi connectivity index (χ2v) is 4.50. The maximum atomic E-state index is 11.4. The van der Waals surface area contributed by atoms with Crippen LogP contribution in [-0.4, -0.2) is 11.9 Å². The van der Waals surface area contributed by atoms with Gasteiger partial charge in [-0.2, -0.15) is 0 Å². The van der Waals surface area contributed by atoms with Gasteiger partial charge in [0.1, 0.15) is 22.9 Å². The molecule has 0 aromatic heterocycles. The highest BCUT2D eigenvalue weighted by Crippen LogP contribution is 2.25. The summed E-state index contributed by atoms with van der Waals surface area (Å²) in [5.74, 6) is -0.730. The number of hydrogen-bond acceptors (Lipinski definition) is 6. The summed E-state index contributed by atoms with van der Waals surface area (Å²) in [6, 6.07) is 9.93. The van der Waals surface area contributed by atoms with Crippen LogP contribution in [0.25, 0.3) is 10.8 Å². The van der Waals surface area contributed by atoms with Gasteiger partial charge in [0.2, 0.25) is 0 Å². The third-order valence-corrected chi connectivity index (χ3v) is 2.73. The molecule has 0 unspecified atom stereocenters. The van der Waals surface area contributed by atoms with Crippen LogP contribution in [0.15, 0.2) is 61.0 Å². The van der Waals surface area contributed by atoms with E-state index in [2.05, 4.69) is 13.2 Å². The summed E-state index contributed by atoms with van der Waals surface area (Å²) in [7, 11) is 0. The van der Waals surface area contributed by atoms with E-state index in [-0.39, 0.29) is 11.4 Å². The molecular weight excluding hydrogens is 284 g/mol. The lowest BCUT2D eigenvalue weighted by Crippen LogP contribution is -2.16. The summed E-state index contributed by atoms with van der Waals surface area (Å²) in [5, 5.41) is 1.58. The molecule has 0 saturated heterocycles. The van der Waals surface area contributed by atoms with Gasteiger partial charge in [-0.05, 0) is 35.0 Å². The number of carbonyl (C=O) groups is 2. The molecule has 2 aromatic carbocycles. The van der Waals surface area contributed by atoms with Gasteiger partial charge >= 0.3 is 11.9 Å². The first-order valence-corrected chi connectivity index (χ1v) is 6.24. The average Bonchev–Trinajstić information content (AvgIpc) is 2.47. The van der Waals surface area contributed by atoms with Crippen molar-refractivity contribution < 1.29 is 19.1 Å². The second kappa shape index (κ2) is 6.01. The van der Waals surface area contributed by atoms with E-state index >= 15 is 0 Å². The first-order valence-electron chi connectivity index (χ1n) is 6.24. The molecule has 0 spiro atoms. The fourth-order valence-corrected chi connectivity index (χ4v) is 1.67. The van der Waals surface area contributed by atoms with E-state index in [4.69, 9.17) is 20.9 Å². The molecule has 22 heavy (non-hydrogen) atoms. The lowest BCUT2D eigenvalue weighted by molar-refractivity contribution is -0.131. The topological polar surface area (TPSA) is 105 Å². The minimum absolute atomic E-state index is 0.177. The van der Waals surface area contributed by atoms with E-state index in [1.54, 1.807) is 36.4 Å². The molecule has 0 aliphatic rings. The van der Waals surface area contributed by atoms with Gasteiger partial charge in [0.15, 0.2) is 0 Å². The van der Waals surface area contributed by atoms with Gasteiger partial charge in [-0.3, -0.25) is 0 Å². The van der Waals surface area contributed by atoms with Gasteiger partial charge in [-0.1, -0.05) is 25.3 Å². The summed E-state index contributed by atoms with van der Waals surface area (Å²) >= 11 is 0. The fraction of sp³-hybridized carbons (Fsp3) is 0. The van der Waals surface area contributed by atoms with Crippen LogP contribution >= 0.6 is 0 Å². The third-order valence-electron chi connectivity index (χ3n) is 2.73. The first kappa shape index (κ1) is 15.1. The molecular formula is C16H14N2O4. The Balaban J connectivity index is 2.25. The van der Waals surface area contributed by atoms with E-state index in [0.717, 1.165) is 10.8 Å². The number of carbonyl (C=O) groups excluding carboxylic acids is 2. The van der Waals surface area contributed by atoms with Gasteiger partial charge in [-0.25, -0.2) is 9.59 Å². The van der Waals surface area contributed by atoms with E-state index in [0.29, 0.717) is 11.5 Å². The number of nitrogens with two attached hydrogens (primary N) is 2. The summed E-state index contributed by atoms with van der Waals surface area (Å²) < 4.78 is 10.1. The minimum atomic E-state index is -0.702. The van der Waals surface area contributed by atoms with Gasteiger partial charge in [0, 0.05) is 0 Å². The van der Waals surface area contributed by atoms with Crippen molar-refractivity contribution in [1.29, 1.82) is 0 Å². The molecule has 2 rings (SSSR count). The van der Waals surface area contributed by atoms with Crippen molar-refractivity contribution in [1.82, 2.24) is 0 Å². The maximum absolute atomic E-state index is 11.4. The monoisotopic (exact) mass is 298 g/mol. The Bertz CT molecular complexity index is 729. The molecule has 0 atom stereocenters. The average molecular weight is 298 g/mol. The zero-order valence-electron chi connectivity index (χ0n) is 11.7. The molecule has 0 aliphatic carbocycles. The third kappa shape index (κ3) is 3.43. The van der Waals surface area contributed by atoms with Crippen LogP contribution in [0.1, 0.15) is 0 Å². The smallest absolute Gasteiger partial charge is 0.358 e. The van der Waals surface area contributed by atoms with Crippen LogP contribution in [0.4, 0.5) is 0 Å². The molecule has 0 radical (unpaired) electrons. The van der Waals surface area contributed by atoms with Crippen LogP contribution in [0.3, 0.4) is 0 Å². The summed E-state index contributed by atoms with van der Waals surface area (Å²) in [5.41, 5.74) is 10.2. The molecule has 4 N–H and O–H groups in total. The largest absolute Gasteiger partial charge is 0.422 e. The highest BCUT2D eigenvalue weighted by atomic mass is 16.5. The van der Waals surface area contributed by atoms with Crippen molar-refractivity contribution >= 4 is 22.7 Å². The van der Waals surface area contributed by atoms with Crippen LogP contribution in [0, 0.1) is 0 Å². The Hall–Kier alpha value is -3.28. The van der Waals surface area contributed by atoms with Crippen molar-refractivity contribution in [2.24, 2.45) is 11.5 Å². The molecule has 112 valence electrons. The number of ether oxygens (including phenoxy) is 2. The normalized spacial score (nSPS) is 10.0. The zero-order valence-corrected chi connectivity index (χ0v) is 11.7. The molecule has 0 amide bonds. The molecule has 0 heterocycles. The fourth-order valence-electron chi connectivity index (χ4n) is 1.67. The molecule has 0 fully saturated rings. The lowest BCUT2D eigenvalue weighted by Gasteiger charge is -2.07. The second-order valence-electron chi connectivity index (χ2n) is 4.50. The standard InChI is InChI=1S/C16H14N2O4/c1-9(17)15(19)21-13-5-3-12-8-14(6-4-11(12)7-13)22-16(20)10(2)18/h3-8H,1-2,17-18H2. The van der Waals surface area contributed by atoms with Crippen LogP contribution in [0.5, 0.6) is 11.5 Å². The van der Waals surface area contributed by atoms with Crippen molar-refractivity contribution in [3.8, 4) is 11.5 Å². The van der Waals surface area contributed by atoms with Gasteiger partial charge < -0.3 is 20.9 Å². The Labute approximate surface area is 126 Å². The van der Waals surface area contributed by atoms with Gasteiger partial charge in [-0.15, -0.1) is 0 Å². The van der Waals surface area contributed by atoms with E-state index in [1.807, 2.05) is 0 Å². The summed E-state index contributed by atoms with van der Waals surface area (Å²) in [6.45, 7) is 6.61. The predicted octanol–water partition coefficient (Wildman–Crippen LogP) is 1.60. The Kier molecular flexibility index (Phi) is 4.13. The Morgan fingerprint density at radius 3 is 1.45 bits per heavy atom. The SMILES string of the molecule is C=C(N)C(=O)Oc1ccc2cc(OC(=O)C(=C)N)ccc2c1. The molecule has 0 saturated carbocycles. The Morgan fingerprint density at radius 2 is 1.14 bits per heavy atom. The van der Waals surface area contributed by atoms with E-state index in [1.165, 1.54) is 0 Å². The van der Waals surface area contributed by atoms with Crippen molar-refractivity contribution in [2.75, 3.05) is 0 Å². The van der Waals surface area contributed by atoms with Gasteiger partial charge in [0.25, 0.3) is 0 Å². The number of hydrogen-bond donors (Lipinski definition) is 2. The predicted molar refractivity (Wildman–Crippen MR) is 81.9 cm³/mol. The molecule has 6 nitrogen and oxygen atoms in total. The number of benzene rings is 2. The highest BCUT2D eigenvalue weighted by molar-refractivity contribution is 5.91. The minimum Gasteiger partial charge on any atom is -0.422 e. The quantitative estimate of drug-likeness (QED) is 0.504. The van der Waals surface area contributed by atoms with E-state index in [9.17, 15) is 9.59 Å². The number of fused-ring (bicyclic) bond motifs is 1. The molecule has 0 aliphatic heterocycles. The maximum Gasteiger partial charge on any atom is 0.358 e. The van der Waals surface area contributed by atoms with Gasteiger partial charge in [0.05, 0.1) is 0 Å². The summed E-state index contributed by atoms with van der Waals surface area (Å²) in [6.07, 6.45) is 0. The molecule has 0 bridgehead atoms. The number of rotatable bonds is 4. The van der Waals surface area contributed by atoms with Crippen LogP contribution < -0.4 is 20.9 Å². The van der Waals surface area contributed by atoms with Crippen LogP contribution in [0.2, 0.25) is 0 Å². The zero-order chi connectivity index (χ0) is 16.3. The summed E-state index contributed by atoms with van der Waals surface area (Å²) in [4.78, 5) is 22.7. The van der Waals surface area contributed by atoms with Crippen LogP contribution in [-0.2, 0) is 9.59 Å². The lowest BCUT2D eigenvalue weighted by atomic mass is 10.1. The molecule has 2 aromatic rings. The molecule has 6 heteroatoms.